The van der Waals surface area contributed by atoms with Crippen LogP contribution in [0.25, 0.3) is 0 Å². The van der Waals surface area contributed by atoms with Gasteiger partial charge < -0.3 is 0 Å². The van der Waals surface area contributed by atoms with Crippen molar-refractivity contribution in [2.45, 2.75) is 24.2 Å². The number of halogens is 1. The third-order valence-electron chi connectivity index (χ3n) is 1.58. The molecule has 2 heteroatoms. The summed E-state index contributed by atoms with van der Waals surface area (Å²) in [6.07, 6.45) is 2.70. The number of rotatable bonds is 4. The third kappa shape index (κ3) is 3.81. The van der Waals surface area contributed by atoms with Gasteiger partial charge in [-0.15, -0.1) is 0 Å². The second-order valence-electron chi connectivity index (χ2n) is 2.66. The Hall–Kier alpha value is 0.300. The van der Waals surface area contributed by atoms with Gasteiger partial charge >= 0.3 is 89.7 Å². The molecule has 0 bridgehead atoms. The first kappa shape index (κ1) is 10.4. The van der Waals surface area contributed by atoms with Crippen LogP contribution >= 0.6 is 11.6 Å². The van der Waals surface area contributed by atoms with Crippen molar-refractivity contribution >= 4 is 36.1 Å². The first-order valence-corrected chi connectivity index (χ1v) is 7.40. The monoisotopic (exact) mass is 298 g/mol. The van der Waals surface area contributed by atoms with Gasteiger partial charge in [-0.25, -0.2) is 0 Å². The maximum absolute atomic E-state index is 5.79. The summed E-state index contributed by atoms with van der Waals surface area (Å²) >= 11 is 5.87. The summed E-state index contributed by atoms with van der Waals surface area (Å²) in [7, 11) is 0. The second-order valence-corrected chi connectivity index (χ2v) is 6.43. The first-order chi connectivity index (χ1) is 5.83. The summed E-state index contributed by atoms with van der Waals surface area (Å²) in [5.74, 6) is 0. The van der Waals surface area contributed by atoms with Crippen molar-refractivity contribution in [2.75, 3.05) is 0 Å². The SMILES string of the molecule is CCCC[Te]c1ccc(Cl)cc1. The molecule has 0 heterocycles. The fourth-order valence-electron chi connectivity index (χ4n) is 0.865. The van der Waals surface area contributed by atoms with E-state index in [-0.39, 0.29) is 20.9 Å². The predicted molar refractivity (Wildman–Crippen MR) is 56.6 cm³/mol. The van der Waals surface area contributed by atoms with Crippen LogP contribution in [-0.2, 0) is 0 Å². The van der Waals surface area contributed by atoms with Crippen LogP contribution in [0.3, 0.4) is 0 Å². The van der Waals surface area contributed by atoms with Crippen molar-refractivity contribution in [1.82, 2.24) is 0 Å². The Kier molecular flexibility index (Phi) is 5.07. The van der Waals surface area contributed by atoms with Gasteiger partial charge in [-0.05, 0) is 0 Å². The van der Waals surface area contributed by atoms with Crippen LogP contribution < -0.4 is 3.61 Å². The van der Waals surface area contributed by atoms with Gasteiger partial charge in [0.25, 0.3) is 0 Å². The molecule has 0 aliphatic carbocycles. The molecule has 0 saturated heterocycles. The molecule has 0 amide bonds. The Balaban J connectivity index is 2.37. The van der Waals surface area contributed by atoms with E-state index in [9.17, 15) is 0 Å². The fourth-order valence-corrected chi connectivity index (χ4v) is 3.84. The maximum atomic E-state index is 5.79. The summed E-state index contributed by atoms with van der Waals surface area (Å²) in [4.78, 5) is 0. The quantitative estimate of drug-likeness (QED) is 0.592. The van der Waals surface area contributed by atoms with Crippen molar-refractivity contribution in [3.63, 3.8) is 0 Å². The summed E-state index contributed by atoms with van der Waals surface area (Å²) in [5, 5.41) is 0.849. The Bertz CT molecular complexity index is 218. The minimum absolute atomic E-state index is 0.0786. The number of benzene rings is 1. The molecule has 0 aromatic heterocycles. The van der Waals surface area contributed by atoms with Crippen LogP contribution in [0.4, 0.5) is 0 Å². The molecule has 66 valence electrons. The zero-order valence-corrected chi connectivity index (χ0v) is 10.3. The number of hydrogen-bond acceptors (Lipinski definition) is 0. The van der Waals surface area contributed by atoms with Crippen LogP contribution in [0.15, 0.2) is 24.3 Å². The van der Waals surface area contributed by atoms with E-state index in [2.05, 4.69) is 19.1 Å². The molecule has 0 nitrogen and oxygen atoms in total. The molecule has 0 N–H and O–H groups in total. The molecule has 12 heavy (non-hydrogen) atoms. The molecule has 0 radical (unpaired) electrons. The zero-order chi connectivity index (χ0) is 8.81. The van der Waals surface area contributed by atoms with Crippen molar-refractivity contribution in [3.05, 3.63) is 29.3 Å². The zero-order valence-electron chi connectivity index (χ0n) is 7.22. The summed E-state index contributed by atoms with van der Waals surface area (Å²) in [5.41, 5.74) is 0. The van der Waals surface area contributed by atoms with E-state index >= 15 is 0 Å². The van der Waals surface area contributed by atoms with E-state index in [4.69, 9.17) is 11.6 Å². The van der Waals surface area contributed by atoms with Crippen molar-refractivity contribution in [2.24, 2.45) is 0 Å². The summed E-state index contributed by atoms with van der Waals surface area (Å²) in [6.45, 7) is 2.24. The Morgan fingerprint density at radius 1 is 1.25 bits per heavy atom. The van der Waals surface area contributed by atoms with Gasteiger partial charge in [0.1, 0.15) is 0 Å². The first-order valence-electron chi connectivity index (χ1n) is 4.21. The van der Waals surface area contributed by atoms with Gasteiger partial charge in [-0.3, -0.25) is 0 Å². The average Bonchev–Trinajstić information content (AvgIpc) is 2.09. The van der Waals surface area contributed by atoms with Gasteiger partial charge in [0.15, 0.2) is 0 Å². The fraction of sp³-hybridized carbons (Fsp3) is 0.400. The molecule has 0 fully saturated rings. The average molecular weight is 296 g/mol. The molecule has 0 spiro atoms. The molecule has 1 rings (SSSR count). The third-order valence-corrected chi connectivity index (χ3v) is 4.97. The van der Waals surface area contributed by atoms with Crippen molar-refractivity contribution in [3.8, 4) is 0 Å². The Morgan fingerprint density at radius 3 is 2.50 bits per heavy atom. The number of unbranched alkanes of at least 4 members (excludes halogenated alkanes) is 1. The van der Waals surface area contributed by atoms with Gasteiger partial charge in [0.2, 0.25) is 0 Å². The summed E-state index contributed by atoms with van der Waals surface area (Å²) < 4.78 is 2.95. The van der Waals surface area contributed by atoms with E-state index in [0.29, 0.717) is 0 Å². The summed E-state index contributed by atoms with van der Waals surface area (Å²) in [6, 6.07) is 8.32. The van der Waals surface area contributed by atoms with Crippen LogP contribution in [0.2, 0.25) is 9.49 Å². The van der Waals surface area contributed by atoms with E-state index in [1.807, 2.05) is 12.1 Å². The molecule has 0 unspecified atom stereocenters. The molecular weight excluding hydrogens is 283 g/mol. The van der Waals surface area contributed by atoms with E-state index in [1.54, 1.807) is 0 Å². The molecule has 0 aliphatic heterocycles. The molecular formula is C10H13ClTe. The van der Waals surface area contributed by atoms with Gasteiger partial charge in [-0.2, -0.15) is 0 Å². The Morgan fingerprint density at radius 2 is 1.92 bits per heavy atom. The predicted octanol–water partition coefficient (Wildman–Crippen LogP) is 2.89. The standard InChI is InChI=1S/C10H13ClTe/c1-2-3-8-12-10-6-4-9(11)5-7-10/h4-7H,2-3,8H2,1H3. The molecule has 1 aromatic carbocycles. The van der Waals surface area contributed by atoms with Crippen LogP contribution in [0.1, 0.15) is 19.8 Å². The van der Waals surface area contributed by atoms with Gasteiger partial charge in [0.05, 0.1) is 0 Å². The second kappa shape index (κ2) is 5.86. The molecule has 0 atom stereocenters. The molecule has 0 saturated carbocycles. The van der Waals surface area contributed by atoms with E-state index in [1.165, 1.54) is 20.9 Å². The van der Waals surface area contributed by atoms with E-state index in [0.717, 1.165) is 5.02 Å². The van der Waals surface area contributed by atoms with E-state index < -0.39 is 0 Å². The van der Waals surface area contributed by atoms with Crippen LogP contribution in [-0.4, -0.2) is 20.9 Å². The number of hydrogen-bond donors (Lipinski definition) is 0. The molecule has 0 aliphatic rings. The van der Waals surface area contributed by atoms with Crippen LogP contribution in [0, 0.1) is 0 Å². The van der Waals surface area contributed by atoms with Gasteiger partial charge in [-0.1, -0.05) is 0 Å². The topological polar surface area (TPSA) is 0 Å². The minimum atomic E-state index is 0.0786. The normalized spacial score (nSPS) is 10.2. The van der Waals surface area contributed by atoms with Crippen LogP contribution in [0.5, 0.6) is 0 Å². The molecule has 1 aromatic rings. The van der Waals surface area contributed by atoms with Crippen molar-refractivity contribution < 1.29 is 0 Å². The van der Waals surface area contributed by atoms with Gasteiger partial charge in [0, 0.05) is 0 Å². The Labute approximate surface area is 89.4 Å². The van der Waals surface area contributed by atoms with Crippen molar-refractivity contribution in [1.29, 1.82) is 0 Å².